The van der Waals surface area contributed by atoms with E-state index in [0.29, 0.717) is 55.7 Å². The Hall–Kier alpha value is -3.43. The van der Waals surface area contributed by atoms with Gasteiger partial charge in [-0.05, 0) is 36.4 Å². The van der Waals surface area contributed by atoms with Crippen LogP contribution in [0.15, 0.2) is 59.4 Å². The van der Waals surface area contributed by atoms with E-state index in [2.05, 4.69) is 4.98 Å². The number of morpholine rings is 1. The van der Waals surface area contributed by atoms with E-state index in [9.17, 15) is 9.59 Å². The van der Waals surface area contributed by atoms with Gasteiger partial charge in [0.25, 0.3) is 11.8 Å². The number of rotatable bonds is 5. The van der Waals surface area contributed by atoms with E-state index in [1.807, 2.05) is 23.6 Å². The van der Waals surface area contributed by atoms with Crippen LogP contribution >= 0.6 is 11.3 Å². The lowest BCUT2D eigenvalue weighted by Crippen LogP contribution is -2.54. The van der Waals surface area contributed by atoms with E-state index in [1.54, 1.807) is 45.6 Å². The van der Waals surface area contributed by atoms with Gasteiger partial charge in [-0.3, -0.25) is 9.59 Å². The fourth-order valence-electron chi connectivity index (χ4n) is 3.86. The molecule has 2 aliphatic rings. The first-order valence-electron chi connectivity index (χ1n) is 10.7. The quantitative estimate of drug-likeness (QED) is 0.576. The molecule has 9 heteroatoms. The summed E-state index contributed by atoms with van der Waals surface area (Å²) in [4.78, 5) is 34.1. The van der Waals surface area contributed by atoms with E-state index < -0.39 is 6.10 Å². The Balaban J connectivity index is 1.33. The zero-order valence-electron chi connectivity index (χ0n) is 17.9. The van der Waals surface area contributed by atoms with Crippen LogP contribution in [0.4, 0.5) is 5.69 Å². The highest BCUT2D eigenvalue weighted by molar-refractivity contribution is 7.07. The summed E-state index contributed by atoms with van der Waals surface area (Å²) in [7, 11) is 0. The minimum atomic E-state index is -0.761. The van der Waals surface area contributed by atoms with Crippen molar-refractivity contribution in [3.8, 4) is 11.5 Å². The van der Waals surface area contributed by atoms with E-state index in [1.165, 1.54) is 11.3 Å². The van der Waals surface area contributed by atoms with E-state index in [0.717, 1.165) is 5.69 Å². The highest BCUT2D eigenvalue weighted by Crippen LogP contribution is 2.34. The maximum absolute atomic E-state index is 13.4. The molecule has 33 heavy (non-hydrogen) atoms. The molecule has 1 atom stereocenters. The normalized spacial score (nSPS) is 17.8. The first kappa shape index (κ1) is 21.4. The predicted octanol–water partition coefficient (Wildman–Crippen LogP) is 2.99. The van der Waals surface area contributed by atoms with Crippen molar-refractivity contribution in [2.45, 2.75) is 12.7 Å². The van der Waals surface area contributed by atoms with Crippen molar-refractivity contribution in [1.29, 1.82) is 0 Å². The molecule has 0 N–H and O–H groups in total. The number of thiazole rings is 1. The van der Waals surface area contributed by atoms with Crippen LogP contribution < -0.4 is 14.4 Å². The zero-order valence-corrected chi connectivity index (χ0v) is 18.7. The molecule has 2 aliphatic heterocycles. The van der Waals surface area contributed by atoms with Crippen LogP contribution in [0.3, 0.4) is 0 Å². The van der Waals surface area contributed by atoms with Gasteiger partial charge in [-0.25, -0.2) is 4.98 Å². The summed E-state index contributed by atoms with van der Waals surface area (Å²) in [5.74, 6) is 0.849. The first-order valence-corrected chi connectivity index (χ1v) is 11.7. The second kappa shape index (κ2) is 9.60. The van der Waals surface area contributed by atoms with Crippen LogP contribution in [0.1, 0.15) is 16.1 Å². The minimum absolute atomic E-state index is 0.128. The Morgan fingerprint density at radius 1 is 1.09 bits per heavy atom. The SMILES string of the molecule is O=C([C@@H]1CN(C(=O)c2ccc(OCc3cscn3)cc2)c2ccccc2O1)N1CCOCC1. The largest absolute Gasteiger partial charge is 0.487 e. The second-order valence-electron chi connectivity index (χ2n) is 7.72. The Kier molecular flexibility index (Phi) is 6.23. The summed E-state index contributed by atoms with van der Waals surface area (Å²) >= 11 is 1.52. The van der Waals surface area contributed by atoms with Gasteiger partial charge in [-0.1, -0.05) is 12.1 Å². The number of fused-ring (bicyclic) bond motifs is 1. The highest BCUT2D eigenvalue weighted by Gasteiger charge is 2.36. The number of amides is 2. The first-order chi connectivity index (χ1) is 16.2. The van der Waals surface area contributed by atoms with Crippen molar-refractivity contribution in [3.63, 3.8) is 0 Å². The summed E-state index contributed by atoms with van der Waals surface area (Å²) < 4.78 is 17.1. The number of hydrogen-bond acceptors (Lipinski definition) is 7. The van der Waals surface area contributed by atoms with Gasteiger partial charge < -0.3 is 24.0 Å². The lowest BCUT2D eigenvalue weighted by atomic mass is 10.1. The molecule has 0 saturated carbocycles. The standard InChI is InChI=1S/C24H23N3O5S/c28-23(17-5-7-19(8-6-17)31-14-18-15-33-16-25-18)27-13-22(24(29)26-9-11-30-12-10-26)32-21-4-2-1-3-20(21)27/h1-8,15-16,22H,9-14H2/t22-/m0/s1. The number of ether oxygens (including phenoxy) is 3. The third-order valence-electron chi connectivity index (χ3n) is 5.59. The second-order valence-corrected chi connectivity index (χ2v) is 8.44. The van der Waals surface area contributed by atoms with Crippen LogP contribution in [-0.4, -0.2) is 60.7 Å². The van der Waals surface area contributed by atoms with Crippen LogP contribution in [0.25, 0.3) is 0 Å². The van der Waals surface area contributed by atoms with Crippen molar-refractivity contribution in [2.24, 2.45) is 0 Å². The smallest absolute Gasteiger partial charge is 0.265 e. The summed E-state index contributed by atoms with van der Waals surface area (Å²) in [6.45, 7) is 2.59. The number of benzene rings is 2. The summed E-state index contributed by atoms with van der Waals surface area (Å²) in [5, 5.41) is 1.93. The molecule has 3 heterocycles. The fraction of sp³-hybridized carbons (Fsp3) is 0.292. The van der Waals surface area contributed by atoms with Crippen LogP contribution in [0.5, 0.6) is 11.5 Å². The zero-order chi connectivity index (χ0) is 22.6. The molecule has 2 aromatic carbocycles. The van der Waals surface area contributed by atoms with Crippen LogP contribution in [0, 0.1) is 0 Å². The average Bonchev–Trinajstić information content (AvgIpc) is 3.40. The van der Waals surface area contributed by atoms with Gasteiger partial charge in [-0.2, -0.15) is 0 Å². The van der Waals surface area contributed by atoms with Gasteiger partial charge in [0, 0.05) is 24.0 Å². The fourth-order valence-corrected chi connectivity index (χ4v) is 4.40. The van der Waals surface area contributed by atoms with E-state index >= 15 is 0 Å². The van der Waals surface area contributed by atoms with Gasteiger partial charge in [0.1, 0.15) is 18.1 Å². The molecule has 170 valence electrons. The van der Waals surface area contributed by atoms with E-state index in [4.69, 9.17) is 14.2 Å². The minimum Gasteiger partial charge on any atom is -0.487 e. The summed E-state index contributed by atoms with van der Waals surface area (Å²) in [6.07, 6.45) is -0.761. The molecule has 0 aliphatic carbocycles. The van der Waals surface area contributed by atoms with Gasteiger partial charge in [0.15, 0.2) is 6.10 Å². The number of nitrogens with zero attached hydrogens (tertiary/aromatic N) is 3. The molecule has 0 spiro atoms. The molecule has 0 unspecified atom stereocenters. The van der Waals surface area contributed by atoms with E-state index in [-0.39, 0.29) is 18.4 Å². The summed E-state index contributed by atoms with van der Waals surface area (Å²) in [5.41, 5.74) is 3.78. The number of carbonyl (C=O) groups is 2. The summed E-state index contributed by atoms with van der Waals surface area (Å²) in [6, 6.07) is 14.3. The number of para-hydroxylation sites is 2. The molecule has 5 rings (SSSR count). The maximum Gasteiger partial charge on any atom is 0.265 e. The molecule has 2 amide bonds. The highest BCUT2D eigenvalue weighted by atomic mass is 32.1. The monoisotopic (exact) mass is 465 g/mol. The van der Waals surface area contributed by atoms with Gasteiger partial charge in [-0.15, -0.1) is 11.3 Å². The van der Waals surface area contributed by atoms with Crippen molar-refractivity contribution in [1.82, 2.24) is 9.88 Å². The lowest BCUT2D eigenvalue weighted by Gasteiger charge is -2.37. The van der Waals surface area contributed by atoms with Crippen molar-refractivity contribution in [3.05, 3.63) is 70.7 Å². The molecule has 1 aromatic heterocycles. The molecule has 1 fully saturated rings. The van der Waals surface area contributed by atoms with Gasteiger partial charge in [0.05, 0.1) is 36.7 Å². The molecular weight excluding hydrogens is 442 g/mol. The molecular formula is C24H23N3O5S. The van der Waals surface area contributed by atoms with Gasteiger partial charge >= 0.3 is 0 Å². The van der Waals surface area contributed by atoms with Crippen LogP contribution in [-0.2, 0) is 16.1 Å². The molecule has 8 nitrogen and oxygen atoms in total. The van der Waals surface area contributed by atoms with Crippen molar-refractivity contribution >= 4 is 28.8 Å². The molecule has 0 bridgehead atoms. The van der Waals surface area contributed by atoms with Gasteiger partial charge in [0.2, 0.25) is 0 Å². The maximum atomic E-state index is 13.4. The van der Waals surface area contributed by atoms with Crippen LogP contribution in [0.2, 0.25) is 0 Å². The molecule has 3 aromatic rings. The average molecular weight is 466 g/mol. The third kappa shape index (κ3) is 4.69. The number of carbonyl (C=O) groups excluding carboxylic acids is 2. The third-order valence-corrected chi connectivity index (χ3v) is 6.22. The Morgan fingerprint density at radius 3 is 2.64 bits per heavy atom. The molecule has 1 saturated heterocycles. The number of hydrogen-bond donors (Lipinski definition) is 0. The Morgan fingerprint density at radius 2 is 1.88 bits per heavy atom. The predicted molar refractivity (Wildman–Crippen MR) is 123 cm³/mol. The Labute approximate surface area is 195 Å². The van der Waals surface area contributed by atoms with Crippen molar-refractivity contribution in [2.75, 3.05) is 37.7 Å². The molecule has 0 radical (unpaired) electrons. The topological polar surface area (TPSA) is 81.2 Å². The number of anilines is 1. The number of aromatic nitrogens is 1. The lowest BCUT2D eigenvalue weighted by molar-refractivity contribution is -0.142. The van der Waals surface area contributed by atoms with Crippen molar-refractivity contribution < 1.29 is 23.8 Å². The Bertz CT molecular complexity index is 1110.